The molecule has 1 aromatic carbocycles. The van der Waals surface area contributed by atoms with Crippen molar-refractivity contribution in [3.63, 3.8) is 0 Å². The molecule has 1 heterocycles. The summed E-state index contributed by atoms with van der Waals surface area (Å²) in [5.41, 5.74) is 0.888. The first-order valence-electron chi connectivity index (χ1n) is 7.92. The van der Waals surface area contributed by atoms with E-state index in [2.05, 4.69) is 16.0 Å². The molecule has 8 heteroatoms. The minimum Gasteiger partial charge on any atom is -0.338 e. The number of halogens is 1. The highest BCUT2D eigenvalue weighted by Crippen LogP contribution is 2.40. The highest BCUT2D eigenvalue weighted by molar-refractivity contribution is 6.01. The number of carbonyl (C=O) groups excluding carboxylic acids is 3. The lowest BCUT2D eigenvalue weighted by atomic mass is 10.1. The Morgan fingerprint density at radius 2 is 2.21 bits per heavy atom. The van der Waals surface area contributed by atoms with Crippen LogP contribution in [0.3, 0.4) is 0 Å². The highest BCUT2D eigenvalue weighted by Gasteiger charge is 2.39. The molecule has 0 bridgehead atoms. The molecule has 1 saturated heterocycles. The van der Waals surface area contributed by atoms with Crippen LogP contribution in [-0.4, -0.2) is 48.5 Å². The average Bonchev–Trinajstić information content (AvgIpc) is 3.24. The van der Waals surface area contributed by atoms with E-state index in [1.54, 1.807) is 6.07 Å². The second-order valence-electron chi connectivity index (χ2n) is 5.96. The van der Waals surface area contributed by atoms with Gasteiger partial charge in [0, 0.05) is 25.0 Å². The van der Waals surface area contributed by atoms with Crippen molar-refractivity contribution >= 4 is 18.0 Å². The number of imide groups is 1. The molecular weight excluding hydrogens is 315 g/mol. The Labute approximate surface area is 138 Å². The van der Waals surface area contributed by atoms with E-state index in [1.165, 1.54) is 12.1 Å². The molecule has 5 amide bonds. The fourth-order valence-corrected chi connectivity index (χ4v) is 2.80. The molecule has 1 aromatic rings. The predicted molar refractivity (Wildman–Crippen MR) is 83.8 cm³/mol. The van der Waals surface area contributed by atoms with Crippen LogP contribution in [0.4, 0.5) is 14.0 Å². The zero-order valence-corrected chi connectivity index (χ0v) is 13.0. The van der Waals surface area contributed by atoms with Gasteiger partial charge in [0.1, 0.15) is 5.82 Å². The SMILES string of the molecule is O=C(NCCCN1C(=O)CNC1=O)N[C@@H]1C[C@H]1c1cccc(F)c1. The summed E-state index contributed by atoms with van der Waals surface area (Å²) in [7, 11) is 0. The molecule has 0 aromatic heterocycles. The third-order valence-electron chi connectivity index (χ3n) is 4.16. The predicted octanol–water partition coefficient (Wildman–Crippen LogP) is 0.923. The summed E-state index contributed by atoms with van der Waals surface area (Å²) in [5.74, 6) is -0.374. The maximum absolute atomic E-state index is 13.2. The topological polar surface area (TPSA) is 90.5 Å². The standard InChI is InChI=1S/C16H19FN4O3/c17-11-4-1-3-10(7-11)12-8-13(12)20-15(23)18-5-2-6-21-14(22)9-19-16(21)24/h1,3-4,7,12-13H,2,5-6,8-9H2,(H,19,24)(H2,18,20,23)/t12-,13+/m0/s1. The van der Waals surface area contributed by atoms with Gasteiger partial charge >= 0.3 is 12.1 Å². The third kappa shape index (κ3) is 3.81. The molecule has 7 nitrogen and oxygen atoms in total. The van der Waals surface area contributed by atoms with E-state index < -0.39 is 0 Å². The fraction of sp³-hybridized carbons (Fsp3) is 0.438. The minimum atomic E-state index is -0.389. The van der Waals surface area contributed by atoms with Gasteiger partial charge in [-0.25, -0.2) is 14.0 Å². The molecule has 0 unspecified atom stereocenters. The van der Waals surface area contributed by atoms with Crippen molar-refractivity contribution in [2.75, 3.05) is 19.6 Å². The normalized spacial score (nSPS) is 22.3. The van der Waals surface area contributed by atoms with Crippen LogP contribution in [-0.2, 0) is 4.79 Å². The Kier molecular flexibility index (Phi) is 4.64. The molecule has 1 aliphatic heterocycles. The van der Waals surface area contributed by atoms with Crippen LogP contribution in [0.15, 0.2) is 24.3 Å². The summed E-state index contributed by atoms with van der Waals surface area (Å²) >= 11 is 0. The molecule has 1 aliphatic carbocycles. The van der Waals surface area contributed by atoms with Gasteiger partial charge in [-0.05, 0) is 30.5 Å². The number of nitrogens with zero attached hydrogens (tertiary/aromatic N) is 1. The van der Waals surface area contributed by atoms with E-state index in [9.17, 15) is 18.8 Å². The Balaban J connectivity index is 1.34. The van der Waals surface area contributed by atoms with E-state index in [-0.39, 0.29) is 48.8 Å². The first-order valence-corrected chi connectivity index (χ1v) is 7.92. The summed E-state index contributed by atoms with van der Waals surface area (Å²) in [5, 5.41) is 7.97. The second kappa shape index (κ2) is 6.86. The van der Waals surface area contributed by atoms with Crippen LogP contribution >= 0.6 is 0 Å². The molecule has 3 N–H and O–H groups in total. The first kappa shape index (κ1) is 16.2. The number of amides is 5. The molecule has 3 rings (SSSR count). The van der Waals surface area contributed by atoms with Crippen molar-refractivity contribution in [3.8, 4) is 0 Å². The summed E-state index contributed by atoms with van der Waals surface area (Å²) in [6.07, 6.45) is 1.28. The largest absolute Gasteiger partial charge is 0.338 e. The second-order valence-corrected chi connectivity index (χ2v) is 5.96. The fourth-order valence-electron chi connectivity index (χ4n) is 2.80. The Bertz CT molecular complexity index is 650. The van der Waals surface area contributed by atoms with Gasteiger partial charge in [0.2, 0.25) is 5.91 Å². The van der Waals surface area contributed by atoms with Crippen LogP contribution in [0.1, 0.15) is 24.3 Å². The van der Waals surface area contributed by atoms with Crippen molar-refractivity contribution in [2.45, 2.75) is 24.8 Å². The van der Waals surface area contributed by atoms with Crippen molar-refractivity contribution in [1.82, 2.24) is 20.9 Å². The monoisotopic (exact) mass is 334 g/mol. The Hall–Kier alpha value is -2.64. The Morgan fingerprint density at radius 3 is 2.92 bits per heavy atom. The maximum atomic E-state index is 13.2. The number of hydrogen-bond donors (Lipinski definition) is 3. The zero-order valence-electron chi connectivity index (χ0n) is 13.0. The van der Waals surface area contributed by atoms with E-state index in [1.807, 2.05) is 6.07 Å². The molecule has 2 fully saturated rings. The van der Waals surface area contributed by atoms with Crippen molar-refractivity contribution < 1.29 is 18.8 Å². The summed E-state index contributed by atoms with van der Waals surface area (Å²) in [4.78, 5) is 35.7. The lowest BCUT2D eigenvalue weighted by Crippen LogP contribution is -2.39. The molecule has 24 heavy (non-hydrogen) atoms. The summed E-state index contributed by atoms with van der Waals surface area (Å²) < 4.78 is 13.2. The maximum Gasteiger partial charge on any atom is 0.324 e. The molecular formula is C16H19FN4O3. The molecule has 128 valence electrons. The number of hydrogen-bond acceptors (Lipinski definition) is 3. The van der Waals surface area contributed by atoms with Gasteiger partial charge in [-0.3, -0.25) is 9.69 Å². The van der Waals surface area contributed by atoms with Crippen molar-refractivity contribution in [2.24, 2.45) is 0 Å². The number of benzene rings is 1. The average molecular weight is 334 g/mol. The molecule has 2 aliphatic rings. The van der Waals surface area contributed by atoms with Gasteiger partial charge in [0.15, 0.2) is 0 Å². The van der Waals surface area contributed by atoms with Gasteiger partial charge in [-0.1, -0.05) is 12.1 Å². The van der Waals surface area contributed by atoms with E-state index in [4.69, 9.17) is 0 Å². The molecule has 2 atom stereocenters. The first-order chi connectivity index (χ1) is 11.5. The number of carbonyl (C=O) groups is 3. The minimum absolute atomic E-state index is 0.0118. The van der Waals surface area contributed by atoms with Crippen LogP contribution in [0.5, 0.6) is 0 Å². The van der Waals surface area contributed by atoms with Gasteiger partial charge < -0.3 is 16.0 Å². The van der Waals surface area contributed by atoms with Crippen LogP contribution < -0.4 is 16.0 Å². The van der Waals surface area contributed by atoms with E-state index >= 15 is 0 Å². The summed E-state index contributed by atoms with van der Waals surface area (Å²) in [6.45, 7) is 0.677. The highest BCUT2D eigenvalue weighted by atomic mass is 19.1. The van der Waals surface area contributed by atoms with Crippen molar-refractivity contribution in [3.05, 3.63) is 35.6 Å². The van der Waals surface area contributed by atoms with E-state index in [0.717, 1.165) is 16.9 Å². The van der Waals surface area contributed by atoms with Crippen LogP contribution in [0.25, 0.3) is 0 Å². The quantitative estimate of drug-likeness (QED) is 0.534. The Morgan fingerprint density at radius 1 is 1.38 bits per heavy atom. The van der Waals surface area contributed by atoms with Crippen molar-refractivity contribution in [1.29, 1.82) is 0 Å². The van der Waals surface area contributed by atoms with E-state index in [0.29, 0.717) is 13.0 Å². The molecule has 1 saturated carbocycles. The number of nitrogens with one attached hydrogen (secondary N) is 3. The van der Waals surface area contributed by atoms with Crippen LogP contribution in [0.2, 0.25) is 0 Å². The molecule has 0 spiro atoms. The number of urea groups is 2. The van der Waals surface area contributed by atoms with Crippen LogP contribution in [0, 0.1) is 5.82 Å². The van der Waals surface area contributed by atoms with Gasteiger partial charge in [0.05, 0.1) is 6.54 Å². The lowest BCUT2D eigenvalue weighted by molar-refractivity contribution is -0.125. The third-order valence-corrected chi connectivity index (χ3v) is 4.16. The smallest absolute Gasteiger partial charge is 0.324 e. The van der Waals surface area contributed by atoms with Gasteiger partial charge in [-0.15, -0.1) is 0 Å². The lowest BCUT2D eigenvalue weighted by Gasteiger charge is -2.12. The van der Waals surface area contributed by atoms with Gasteiger partial charge in [-0.2, -0.15) is 0 Å². The molecule has 0 radical (unpaired) electrons. The summed E-state index contributed by atoms with van der Waals surface area (Å²) in [6, 6.07) is 5.73. The zero-order chi connectivity index (χ0) is 17.1. The van der Waals surface area contributed by atoms with Gasteiger partial charge in [0.25, 0.3) is 0 Å². The number of rotatable bonds is 6.